The zero-order valence-electron chi connectivity index (χ0n) is 14.5. The smallest absolute Gasteiger partial charge is 0.223 e. The molecule has 1 fully saturated rings. The molecule has 24 heavy (non-hydrogen) atoms. The summed E-state index contributed by atoms with van der Waals surface area (Å²) in [6.07, 6.45) is 5.55. The highest BCUT2D eigenvalue weighted by molar-refractivity contribution is 14.0. The summed E-state index contributed by atoms with van der Waals surface area (Å²) in [5.41, 5.74) is 0. The van der Waals surface area contributed by atoms with Crippen molar-refractivity contribution in [3.05, 3.63) is 24.2 Å². The van der Waals surface area contributed by atoms with Crippen molar-refractivity contribution in [1.82, 2.24) is 16.0 Å². The van der Waals surface area contributed by atoms with Gasteiger partial charge >= 0.3 is 0 Å². The molecule has 0 spiro atoms. The Hall–Kier alpha value is -1.25. The first-order valence-electron chi connectivity index (χ1n) is 8.54. The standard InChI is InChI=1S/C17H28N4O2.HI/c1-3-13(2)21-17(19-9-8-15-5-4-12-23-15)20-11-10-18-16(22)14-6-7-14;/h4-5,12-14H,3,6-11H2,1-2H3,(H,18,22)(H2,19,20,21);1H. The van der Waals surface area contributed by atoms with Crippen LogP contribution in [-0.4, -0.2) is 37.5 Å². The largest absolute Gasteiger partial charge is 0.469 e. The quantitative estimate of drug-likeness (QED) is 0.235. The van der Waals surface area contributed by atoms with Gasteiger partial charge in [0, 0.05) is 38.0 Å². The molecule has 1 saturated carbocycles. The molecule has 2 rings (SSSR count). The number of amides is 1. The lowest BCUT2D eigenvalue weighted by Gasteiger charge is -2.17. The molecule has 0 bridgehead atoms. The molecule has 1 aromatic rings. The van der Waals surface area contributed by atoms with Gasteiger partial charge in [0.15, 0.2) is 5.96 Å². The van der Waals surface area contributed by atoms with E-state index in [-0.39, 0.29) is 35.8 Å². The third kappa shape index (κ3) is 8.03. The van der Waals surface area contributed by atoms with Crippen molar-refractivity contribution >= 4 is 35.8 Å². The van der Waals surface area contributed by atoms with E-state index in [0.717, 1.165) is 37.4 Å². The Morgan fingerprint density at radius 2 is 2.12 bits per heavy atom. The van der Waals surface area contributed by atoms with Crippen LogP contribution >= 0.6 is 24.0 Å². The van der Waals surface area contributed by atoms with Gasteiger partial charge in [0.05, 0.1) is 6.26 Å². The third-order valence-electron chi connectivity index (χ3n) is 3.87. The Morgan fingerprint density at radius 3 is 2.75 bits per heavy atom. The lowest BCUT2D eigenvalue weighted by atomic mass is 10.3. The Morgan fingerprint density at radius 1 is 1.38 bits per heavy atom. The summed E-state index contributed by atoms with van der Waals surface area (Å²) in [5.74, 6) is 2.16. The van der Waals surface area contributed by atoms with Crippen molar-refractivity contribution in [1.29, 1.82) is 0 Å². The highest BCUT2D eigenvalue weighted by atomic mass is 127. The van der Waals surface area contributed by atoms with Crippen molar-refractivity contribution in [2.24, 2.45) is 10.9 Å². The molecule has 0 saturated heterocycles. The van der Waals surface area contributed by atoms with E-state index in [1.165, 1.54) is 0 Å². The minimum atomic E-state index is 0. The van der Waals surface area contributed by atoms with Gasteiger partial charge in [-0.3, -0.25) is 9.79 Å². The van der Waals surface area contributed by atoms with Gasteiger partial charge in [0.25, 0.3) is 0 Å². The zero-order valence-corrected chi connectivity index (χ0v) is 16.8. The van der Waals surface area contributed by atoms with Crippen molar-refractivity contribution in [3.63, 3.8) is 0 Å². The first-order chi connectivity index (χ1) is 11.2. The molecule has 7 heteroatoms. The molecule has 0 radical (unpaired) electrons. The van der Waals surface area contributed by atoms with E-state index in [1.807, 2.05) is 12.1 Å². The summed E-state index contributed by atoms with van der Waals surface area (Å²) >= 11 is 0. The molecule has 1 atom stereocenters. The molecule has 1 heterocycles. The van der Waals surface area contributed by atoms with Crippen LogP contribution in [0.2, 0.25) is 0 Å². The predicted molar refractivity (Wildman–Crippen MR) is 107 cm³/mol. The molecule has 136 valence electrons. The Kier molecular flexibility index (Phi) is 9.82. The van der Waals surface area contributed by atoms with E-state index in [0.29, 0.717) is 25.7 Å². The second-order valence-electron chi connectivity index (χ2n) is 6.01. The van der Waals surface area contributed by atoms with Gasteiger partial charge in [-0.05, 0) is 38.3 Å². The molecule has 1 unspecified atom stereocenters. The third-order valence-corrected chi connectivity index (χ3v) is 3.87. The summed E-state index contributed by atoms with van der Waals surface area (Å²) in [5, 5.41) is 9.59. The molecule has 1 aromatic heterocycles. The average molecular weight is 448 g/mol. The zero-order chi connectivity index (χ0) is 16.5. The number of hydrogen-bond donors (Lipinski definition) is 3. The van der Waals surface area contributed by atoms with Crippen LogP contribution in [0.25, 0.3) is 0 Å². The van der Waals surface area contributed by atoms with Crippen molar-refractivity contribution < 1.29 is 9.21 Å². The molecular formula is C17H29IN4O2. The van der Waals surface area contributed by atoms with Crippen LogP contribution in [0.1, 0.15) is 38.9 Å². The summed E-state index contributed by atoms with van der Waals surface area (Å²) < 4.78 is 5.31. The summed E-state index contributed by atoms with van der Waals surface area (Å²) in [6, 6.07) is 4.20. The topological polar surface area (TPSA) is 78.7 Å². The molecule has 1 amide bonds. The van der Waals surface area contributed by atoms with Gasteiger partial charge in [-0.2, -0.15) is 0 Å². The molecule has 0 aromatic carbocycles. The summed E-state index contributed by atoms with van der Waals surface area (Å²) in [4.78, 5) is 16.2. The first kappa shape index (κ1) is 20.8. The minimum absolute atomic E-state index is 0. The van der Waals surface area contributed by atoms with Crippen LogP contribution in [0.3, 0.4) is 0 Å². The second kappa shape index (κ2) is 11.3. The maximum absolute atomic E-state index is 11.6. The number of nitrogens with one attached hydrogen (secondary N) is 3. The van der Waals surface area contributed by atoms with Crippen LogP contribution in [0.5, 0.6) is 0 Å². The lowest BCUT2D eigenvalue weighted by Crippen LogP contribution is -2.45. The molecule has 3 N–H and O–H groups in total. The minimum Gasteiger partial charge on any atom is -0.469 e. The number of carbonyl (C=O) groups excluding carboxylic acids is 1. The highest BCUT2D eigenvalue weighted by Crippen LogP contribution is 2.28. The monoisotopic (exact) mass is 448 g/mol. The number of furan rings is 1. The van der Waals surface area contributed by atoms with Crippen LogP contribution in [-0.2, 0) is 11.2 Å². The van der Waals surface area contributed by atoms with E-state index in [9.17, 15) is 4.79 Å². The van der Waals surface area contributed by atoms with Gasteiger partial charge in [0.2, 0.25) is 5.91 Å². The van der Waals surface area contributed by atoms with Crippen LogP contribution in [0, 0.1) is 5.92 Å². The van der Waals surface area contributed by atoms with E-state index < -0.39 is 0 Å². The first-order valence-corrected chi connectivity index (χ1v) is 8.54. The van der Waals surface area contributed by atoms with E-state index in [2.05, 4.69) is 34.8 Å². The number of guanidine groups is 1. The van der Waals surface area contributed by atoms with Crippen molar-refractivity contribution in [2.75, 3.05) is 19.6 Å². The van der Waals surface area contributed by atoms with Crippen LogP contribution in [0.4, 0.5) is 0 Å². The number of rotatable bonds is 9. The van der Waals surface area contributed by atoms with Crippen molar-refractivity contribution in [2.45, 2.75) is 45.6 Å². The average Bonchev–Trinajstić information content (AvgIpc) is 3.28. The lowest BCUT2D eigenvalue weighted by molar-refractivity contribution is -0.122. The van der Waals surface area contributed by atoms with Gasteiger partial charge in [0.1, 0.15) is 5.76 Å². The van der Waals surface area contributed by atoms with E-state index in [4.69, 9.17) is 4.42 Å². The highest BCUT2D eigenvalue weighted by Gasteiger charge is 2.28. The fourth-order valence-corrected chi connectivity index (χ4v) is 2.08. The maximum Gasteiger partial charge on any atom is 0.223 e. The number of halogens is 1. The number of carbonyl (C=O) groups is 1. The molecule has 6 nitrogen and oxygen atoms in total. The Balaban J connectivity index is 0.00000288. The molecular weight excluding hydrogens is 419 g/mol. The molecule has 0 aliphatic heterocycles. The Labute approximate surface area is 161 Å². The predicted octanol–water partition coefficient (Wildman–Crippen LogP) is 2.30. The Bertz CT molecular complexity index is 501. The number of aliphatic imine (C=N–C) groups is 1. The van der Waals surface area contributed by atoms with Gasteiger partial charge in [-0.15, -0.1) is 24.0 Å². The van der Waals surface area contributed by atoms with Crippen LogP contribution < -0.4 is 16.0 Å². The number of hydrogen-bond acceptors (Lipinski definition) is 3. The van der Waals surface area contributed by atoms with Gasteiger partial charge in [-0.1, -0.05) is 6.92 Å². The summed E-state index contributed by atoms with van der Waals surface area (Å²) in [7, 11) is 0. The normalized spacial score (nSPS) is 15.3. The fourth-order valence-electron chi connectivity index (χ4n) is 2.08. The number of nitrogens with zero attached hydrogens (tertiary/aromatic N) is 1. The van der Waals surface area contributed by atoms with Crippen molar-refractivity contribution in [3.8, 4) is 0 Å². The summed E-state index contributed by atoms with van der Waals surface area (Å²) in [6.45, 7) is 6.20. The maximum atomic E-state index is 11.6. The SMILES string of the molecule is CCC(C)NC(=NCCc1ccco1)NCCNC(=O)C1CC1.I. The molecule has 1 aliphatic rings. The molecule has 1 aliphatic carbocycles. The van der Waals surface area contributed by atoms with Gasteiger partial charge < -0.3 is 20.4 Å². The van der Waals surface area contributed by atoms with Gasteiger partial charge in [-0.25, -0.2) is 0 Å². The van der Waals surface area contributed by atoms with Crippen LogP contribution in [0.15, 0.2) is 27.8 Å². The van der Waals surface area contributed by atoms with E-state index >= 15 is 0 Å². The fraction of sp³-hybridized carbons (Fsp3) is 0.647. The van der Waals surface area contributed by atoms with E-state index in [1.54, 1.807) is 6.26 Å². The second-order valence-corrected chi connectivity index (χ2v) is 6.01.